The summed E-state index contributed by atoms with van der Waals surface area (Å²) in [6, 6.07) is 12.2. The molecule has 0 saturated carbocycles. The second kappa shape index (κ2) is 11.9. The standard InChI is InChI=1S/C21H27N5OS.HI/c1-4-15(5-2)19-11-18(27-26-19)13-24-21(22-3)23-12-17-14-28-20(25-17)16-9-7-6-8-10-16;/h6-11,14-15H,4-5,12-13H2,1-3H3,(H2,22,23,24);1H. The number of halogens is 1. The molecule has 8 heteroatoms. The number of thiazole rings is 1. The van der Waals surface area contributed by atoms with E-state index in [1.807, 2.05) is 24.3 Å². The van der Waals surface area contributed by atoms with Gasteiger partial charge in [0.25, 0.3) is 0 Å². The minimum atomic E-state index is 0. The molecule has 0 aliphatic heterocycles. The van der Waals surface area contributed by atoms with E-state index in [0.717, 1.165) is 40.6 Å². The Kier molecular flexibility index (Phi) is 9.59. The number of aliphatic imine (C=N–C) groups is 1. The summed E-state index contributed by atoms with van der Waals surface area (Å²) in [6.45, 7) is 5.50. The molecule has 0 atom stereocenters. The molecule has 0 bridgehead atoms. The summed E-state index contributed by atoms with van der Waals surface area (Å²) in [7, 11) is 1.75. The van der Waals surface area contributed by atoms with E-state index >= 15 is 0 Å². The molecule has 156 valence electrons. The highest BCUT2D eigenvalue weighted by Gasteiger charge is 2.13. The van der Waals surface area contributed by atoms with E-state index in [1.165, 1.54) is 0 Å². The van der Waals surface area contributed by atoms with Crippen molar-refractivity contribution in [2.24, 2.45) is 4.99 Å². The van der Waals surface area contributed by atoms with Gasteiger partial charge in [-0.25, -0.2) is 4.98 Å². The van der Waals surface area contributed by atoms with E-state index in [0.29, 0.717) is 25.0 Å². The molecule has 3 rings (SSSR count). The maximum absolute atomic E-state index is 5.45. The summed E-state index contributed by atoms with van der Waals surface area (Å²) in [5.41, 5.74) is 3.16. The van der Waals surface area contributed by atoms with Crippen LogP contribution in [0.25, 0.3) is 10.6 Å². The molecule has 2 N–H and O–H groups in total. The van der Waals surface area contributed by atoms with Crippen molar-refractivity contribution in [3.05, 3.63) is 58.9 Å². The zero-order chi connectivity index (χ0) is 19.8. The smallest absolute Gasteiger partial charge is 0.191 e. The maximum atomic E-state index is 5.45. The number of nitrogens with zero attached hydrogens (tertiary/aromatic N) is 3. The first-order chi connectivity index (χ1) is 13.7. The fourth-order valence-corrected chi connectivity index (χ4v) is 3.80. The lowest BCUT2D eigenvalue weighted by Gasteiger charge is -2.09. The van der Waals surface area contributed by atoms with Crippen LogP contribution in [0.2, 0.25) is 0 Å². The second-order valence-electron chi connectivity index (χ2n) is 6.52. The van der Waals surface area contributed by atoms with E-state index in [-0.39, 0.29) is 24.0 Å². The fraction of sp³-hybridized carbons (Fsp3) is 0.381. The van der Waals surface area contributed by atoms with Crippen LogP contribution in [0.15, 0.2) is 51.3 Å². The van der Waals surface area contributed by atoms with Gasteiger partial charge >= 0.3 is 0 Å². The quantitative estimate of drug-likeness (QED) is 0.241. The lowest BCUT2D eigenvalue weighted by Crippen LogP contribution is -2.36. The lowest BCUT2D eigenvalue weighted by molar-refractivity contribution is 0.368. The van der Waals surface area contributed by atoms with Crippen LogP contribution in [0.3, 0.4) is 0 Å². The molecule has 0 aliphatic rings. The first kappa shape index (κ1) is 23.3. The summed E-state index contributed by atoms with van der Waals surface area (Å²) >= 11 is 1.65. The van der Waals surface area contributed by atoms with Gasteiger partial charge in [0.2, 0.25) is 0 Å². The van der Waals surface area contributed by atoms with Gasteiger partial charge in [0, 0.05) is 30.0 Å². The lowest BCUT2D eigenvalue weighted by atomic mass is 9.99. The minimum Gasteiger partial charge on any atom is -0.359 e. The largest absolute Gasteiger partial charge is 0.359 e. The normalized spacial score (nSPS) is 11.4. The van der Waals surface area contributed by atoms with Crippen LogP contribution in [0.5, 0.6) is 0 Å². The van der Waals surface area contributed by atoms with Gasteiger partial charge in [0.15, 0.2) is 11.7 Å². The van der Waals surface area contributed by atoms with Crippen LogP contribution < -0.4 is 10.6 Å². The van der Waals surface area contributed by atoms with Gasteiger partial charge in [-0.3, -0.25) is 4.99 Å². The van der Waals surface area contributed by atoms with Crippen molar-refractivity contribution in [1.29, 1.82) is 0 Å². The molecule has 0 fully saturated rings. The zero-order valence-corrected chi connectivity index (χ0v) is 20.2. The Balaban J connectivity index is 0.00000300. The number of rotatable bonds is 8. The molecule has 2 aromatic heterocycles. The van der Waals surface area contributed by atoms with Crippen LogP contribution in [0.1, 0.15) is 49.8 Å². The van der Waals surface area contributed by atoms with Gasteiger partial charge in [0.05, 0.1) is 24.5 Å². The van der Waals surface area contributed by atoms with Crippen LogP contribution in [-0.2, 0) is 13.1 Å². The van der Waals surface area contributed by atoms with Gasteiger partial charge < -0.3 is 15.2 Å². The fourth-order valence-electron chi connectivity index (χ4n) is 2.98. The zero-order valence-electron chi connectivity index (χ0n) is 17.0. The SMILES string of the molecule is CCC(CC)c1cc(CNC(=NC)NCc2csc(-c3ccccc3)n2)on1.I. The number of nitrogens with one attached hydrogen (secondary N) is 2. The molecule has 0 radical (unpaired) electrons. The topological polar surface area (TPSA) is 75.3 Å². The summed E-state index contributed by atoms with van der Waals surface area (Å²) in [5.74, 6) is 1.97. The molecule has 0 saturated heterocycles. The molecule has 3 aromatic rings. The Hall–Kier alpha value is -1.94. The monoisotopic (exact) mass is 525 g/mol. The average Bonchev–Trinajstić information content (AvgIpc) is 3.40. The van der Waals surface area contributed by atoms with Crippen molar-refractivity contribution < 1.29 is 4.52 Å². The second-order valence-corrected chi connectivity index (χ2v) is 7.38. The number of benzene rings is 1. The maximum Gasteiger partial charge on any atom is 0.191 e. The van der Waals surface area contributed by atoms with Crippen molar-refractivity contribution in [3.8, 4) is 10.6 Å². The Bertz CT molecular complexity index is 889. The molecular weight excluding hydrogens is 497 g/mol. The van der Waals surface area contributed by atoms with E-state index < -0.39 is 0 Å². The van der Waals surface area contributed by atoms with E-state index in [1.54, 1.807) is 18.4 Å². The third-order valence-electron chi connectivity index (χ3n) is 4.64. The van der Waals surface area contributed by atoms with Crippen LogP contribution in [0.4, 0.5) is 0 Å². The number of guanidine groups is 1. The Morgan fingerprint density at radius 3 is 2.55 bits per heavy atom. The van der Waals surface area contributed by atoms with Crippen molar-refractivity contribution >= 4 is 41.3 Å². The Morgan fingerprint density at radius 2 is 1.86 bits per heavy atom. The summed E-state index contributed by atoms with van der Waals surface area (Å²) in [5, 5.41) is 13.9. The van der Waals surface area contributed by atoms with Crippen LogP contribution >= 0.6 is 35.3 Å². The summed E-state index contributed by atoms with van der Waals surface area (Å²) in [6.07, 6.45) is 2.13. The molecule has 0 spiro atoms. The third kappa shape index (κ3) is 6.53. The highest BCUT2D eigenvalue weighted by molar-refractivity contribution is 14.0. The molecule has 0 amide bonds. The predicted octanol–water partition coefficient (Wildman–Crippen LogP) is 5.18. The van der Waals surface area contributed by atoms with E-state index in [9.17, 15) is 0 Å². The molecule has 2 heterocycles. The molecular formula is C21H28IN5OS. The molecule has 6 nitrogen and oxygen atoms in total. The molecule has 1 aromatic carbocycles. The molecule has 0 aliphatic carbocycles. The Morgan fingerprint density at radius 1 is 1.14 bits per heavy atom. The van der Waals surface area contributed by atoms with Gasteiger partial charge in [-0.15, -0.1) is 35.3 Å². The Labute approximate surface area is 193 Å². The molecule has 29 heavy (non-hydrogen) atoms. The van der Waals surface area contributed by atoms with Gasteiger partial charge in [-0.05, 0) is 12.8 Å². The van der Waals surface area contributed by atoms with Crippen molar-refractivity contribution in [2.45, 2.75) is 45.7 Å². The molecule has 0 unspecified atom stereocenters. The number of aromatic nitrogens is 2. The predicted molar refractivity (Wildman–Crippen MR) is 130 cm³/mol. The van der Waals surface area contributed by atoms with Crippen LogP contribution in [0, 0.1) is 0 Å². The first-order valence-corrected chi connectivity index (χ1v) is 10.5. The average molecular weight is 525 g/mol. The highest BCUT2D eigenvalue weighted by atomic mass is 127. The van der Waals surface area contributed by atoms with Crippen molar-refractivity contribution in [1.82, 2.24) is 20.8 Å². The number of hydrogen-bond donors (Lipinski definition) is 2. The minimum absolute atomic E-state index is 0. The van der Waals surface area contributed by atoms with Crippen LogP contribution in [-0.4, -0.2) is 23.1 Å². The highest BCUT2D eigenvalue weighted by Crippen LogP contribution is 2.23. The summed E-state index contributed by atoms with van der Waals surface area (Å²) in [4.78, 5) is 8.96. The van der Waals surface area contributed by atoms with Gasteiger partial charge in [-0.2, -0.15) is 0 Å². The van der Waals surface area contributed by atoms with Gasteiger partial charge in [0.1, 0.15) is 5.01 Å². The van der Waals surface area contributed by atoms with Crippen molar-refractivity contribution in [2.75, 3.05) is 7.05 Å². The third-order valence-corrected chi connectivity index (χ3v) is 5.58. The summed E-state index contributed by atoms with van der Waals surface area (Å²) < 4.78 is 5.45. The van der Waals surface area contributed by atoms with Gasteiger partial charge in [-0.1, -0.05) is 49.3 Å². The number of hydrogen-bond acceptors (Lipinski definition) is 5. The van der Waals surface area contributed by atoms with E-state index in [4.69, 9.17) is 9.51 Å². The van der Waals surface area contributed by atoms with E-state index in [2.05, 4.69) is 52.1 Å². The first-order valence-electron chi connectivity index (χ1n) is 9.63. The van der Waals surface area contributed by atoms with Crippen molar-refractivity contribution in [3.63, 3.8) is 0 Å².